The standard InChI is InChI=1S/C15H22N4/c1-12(2)3-4-13-7-9-19(10-8-13)15-6-5-14(11-16)17-18-15/h5-6,12-13H,3-4,7-10H2,1-2H3. The van der Waals surface area contributed by atoms with Gasteiger partial charge in [-0.3, -0.25) is 0 Å². The summed E-state index contributed by atoms with van der Waals surface area (Å²) in [5.74, 6) is 2.58. The number of nitriles is 1. The molecule has 1 aromatic rings. The number of aromatic nitrogens is 2. The number of piperidine rings is 1. The molecule has 1 aliphatic rings. The van der Waals surface area contributed by atoms with Gasteiger partial charge in [-0.2, -0.15) is 5.26 Å². The molecular weight excluding hydrogens is 236 g/mol. The lowest BCUT2D eigenvalue weighted by atomic mass is 9.90. The van der Waals surface area contributed by atoms with Crippen LogP contribution in [-0.4, -0.2) is 23.3 Å². The zero-order valence-electron chi connectivity index (χ0n) is 11.8. The van der Waals surface area contributed by atoms with E-state index >= 15 is 0 Å². The fourth-order valence-electron chi connectivity index (χ4n) is 2.57. The van der Waals surface area contributed by atoms with Crippen molar-refractivity contribution >= 4 is 5.82 Å². The first kappa shape index (κ1) is 13.8. The molecule has 1 fully saturated rings. The molecule has 0 amide bonds. The minimum atomic E-state index is 0.385. The average Bonchev–Trinajstić information content (AvgIpc) is 2.46. The van der Waals surface area contributed by atoms with E-state index in [-0.39, 0.29) is 0 Å². The molecule has 102 valence electrons. The highest BCUT2D eigenvalue weighted by molar-refractivity contribution is 5.39. The van der Waals surface area contributed by atoms with Gasteiger partial charge >= 0.3 is 0 Å². The zero-order chi connectivity index (χ0) is 13.7. The number of rotatable bonds is 4. The van der Waals surface area contributed by atoms with E-state index in [0.29, 0.717) is 5.69 Å². The Bertz CT molecular complexity index is 424. The summed E-state index contributed by atoms with van der Waals surface area (Å²) in [6, 6.07) is 5.65. The van der Waals surface area contributed by atoms with Gasteiger partial charge in [-0.15, -0.1) is 10.2 Å². The first-order chi connectivity index (χ1) is 9.19. The minimum absolute atomic E-state index is 0.385. The molecule has 0 bridgehead atoms. The van der Waals surface area contributed by atoms with Gasteiger partial charge in [0.15, 0.2) is 11.5 Å². The molecule has 4 nitrogen and oxygen atoms in total. The Hall–Kier alpha value is -1.63. The molecule has 1 saturated heterocycles. The second-order valence-corrected chi connectivity index (χ2v) is 5.79. The van der Waals surface area contributed by atoms with Crippen LogP contribution >= 0.6 is 0 Å². The Kier molecular flexibility index (Phi) is 4.73. The van der Waals surface area contributed by atoms with Crippen LogP contribution in [0.15, 0.2) is 12.1 Å². The second-order valence-electron chi connectivity index (χ2n) is 5.79. The number of anilines is 1. The van der Waals surface area contributed by atoms with E-state index < -0.39 is 0 Å². The summed E-state index contributed by atoms with van der Waals surface area (Å²) in [6.07, 6.45) is 5.18. The highest BCUT2D eigenvalue weighted by atomic mass is 15.3. The lowest BCUT2D eigenvalue weighted by Crippen LogP contribution is -2.34. The fraction of sp³-hybridized carbons (Fsp3) is 0.667. The fourth-order valence-corrected chi connectivity index (χ4v) is 2.57. The van der Waals surface area contributed by atoms with E-state index in [1.807, 2.05) is 12.1 Å². The van der Waals surface area contributed by atoms with Crippen molar-refractivity contribution in [2.75, 3.05) is 18.0 Å². The van der Waals surface area contributed by atoms with Crippen molar-refractivity contribution in [3.05, 3.63) is 17.8 Å². The van der Waals surface area contributed by atoms with Crippen LogP contribution in [0.5, 0.6) is 0 Å². The first-order valence-electron chi connectivity index (χ1n) is 7.18. The molecule has 0 aromatic carbocycles. The second kappa shape index (κ2) is 6.51. The summed E-state index contributed by atoms with van der Waals surface area (Å²) in [5, 5.41) is 16.7. The monoisotopic (exact) mass is 258 g/mol. The summed E-state index contributed by atoms with van der Waals surface area (Å²) < 4.78 is 0. The molecule has 0 aliphatic carbocycles. The van der Waals surface area contributed by atoms with E-state index in [9.17, 15) is 0 Å². The smallest absolute Gasteiger partial charge is 0.163 e. The van der Waals surface area contributed by atoms with Crippen LogP contribution in [0, 0.1) is 23.2 Å². The molecular formula is C15H22N4. The molecule has 2 rings (SSSR count). The summed E-state index contributed by atoms with van der Waals surface area (Å²) in [6.45, 7) is 6.70. The molecule has 0 unspecified atom stereocenters. The quantitative estimate of drug-likeness (QED) is 0.833. The van der Waals surface area contributed by atoms with Crippen LogP contribution in [0.3, 0.4) is 0 Å². The maximum atomic E-state index is 8.71. The van der Waals surface area contributed by atoms with Gasteiger partial charge in [0.25, 0.3) is 0 Å². The van der Waals surface area contributed by atoms with Crippen LogP contribution in [0.1, 0.15) is 45.2 Å². The van der Waals surface area contributed by atoms with Gasteiger partial charge < -0.3 is 4.90 Å². The van der Waals surface area contributed by atoms with Crippen molar-refractivity contribution in [3.8, 4) is 6.07 Å². The van der Waals surface area contributed by atoms with Gasteiger partial charge in [0.1, 0.15) is 6.07 Å². The third-order valence-corrected chi connectivity index (χ3v) is 3.86. The number of hydrogen-bond donors (Lipinski definition) is 0. The van der Waals surface area contributed by atoms with Crippen molar-refractivity contribution in [2.24, 2.45) is 11.8 Å². The van der Waals surface area contributed by atoms with E-state index in [4.69, 9.17) is 5.26 Å². The maximum Gasteiger partial charge on any atom is 0.163 e. The van der Waals surface area contributed by atoms with Gasteiger partial charge in [-0.1, -0.05) is 26.7 Å². The Balaban J connectivity index is 1.84. The summed E-state index contributed by atoms with van der Waals surface area (Å²) in [4.78, 5) is 2.28. The SMILES string of the molecule is CC(C)CCC1CCN(c2ccc(C#N)nn2)CC1. The number of nitrogens with zero attached hydrogens (tertiary/aromatic N) is 4. The van der Waals surface area contributed by atoms with Gasteiger partial charge in [0, 0.05) is 13.1 Å². The molecule has 0 N–H and O–H groups in total. The van der Waals surface area contributed by atoms with Crippen LogP contribution < -0.4 is 4.90 Å². The normalized spacial score (nSPS) is 16.6. The molecule has 0 saturated carbocycles. The molecule has 1 aliphatic heterocycles. The Labute approximate surface area is 115 Å². The Morgan fingerprint density at radius 1 is 1.32 bits per heavy atom. The number of hydrogen-bond acceptors (Lipinski definition) is 4. The van der Waals surface area contributed by atoms with E-state index in [1.165, 1.54) is 25.7 Å². The van der Waals surface area contributed by atoms with Gasteiger partial charge in [-0.25, -0.2) is 0 Å². The Morgan fingerprint density at radius 2 is 2.05 bits per heavy atom. The zero-order valence-corrected chi connectivity index (χ0v) is 11.8. The first-order valence-corrected chi connectivity index (χ1v) is 7.18. The van der Waals surface area contributed by atoms with Crippen LogP contribution in [0.4, 0.5) is 5.82 Å². The average molecular weight is 258 g/mol. The van der Waals surface area contributed by atoms with Crippen molar-refractivity contribution in [3.63, 3.8) is 0 Å². The van der Waals surface area contributed by atoms with Crippen molar-refractivity contribution in [1.29, 1.82) is 5.26 Å². The van der Waals surface area contributed by atoms with E-state index in [2.05, 4.69) is 28.9 Å². The minimum Gasteiger partial charge on any atom is -0.355 e. The largest absolute Gasteiger partial charge is 0.355 e. The van der Waals surface area contributed by atoms with Crippen molar-refractivity contribution < 1.29 is 0 Å². The van der Waals surface area contributed by atoms with Gasteiger partial charge in [-0.05, 0) is 36.8 Å². The maximum absolute atomic E-state index is 8.71. The highest BCUT2D eigenvalue weighted by Crippen LogP contribution is 2.25. The lowest BCUT2D eigenvalue weighted by Gasteiger charge is -2.32. The van der Waals surface area contributed by atoms with Crippen LogP contribution in [0.2, 0.25) is 0 Å². The predicted molar refractivity (Wildman–Crippen MR) is 75.8 cm³/mol. The highest BCUT2D eigenvalue weighted by Gasteiger charge is 2.20. The molecule has 4 heteroatoms. The van der Waals surface area contributed by atoms with E-state index in [0.717, 1.165) is 30.7 Å². The topological polar surface area (TPSA) is 52.8 Å². The van der Waals surface area contributed by atoms with Crippen LogP contribution in [0.25, 0.3) is 0 Å². The molecule has 0 radical (unpaired) electrons. The van der Waals surface area contributed by atoms with Gasteiger partial charge in [0.05, 0.1) is 0 Å². The predicted octanol–water partition coefficient (Wildman–Crippen LogP) is 3.00. The van der Waals surface area contributed by atoms with Gasteiger partial charge in [0.2, 0.25) is 0 Å². The molecule has 0 spiro atoms. The summed E-state index contributed by atoms with van der Waals surface area (Å²) >= 11 is 0. The third-order valence-electron chi connectivity index (χ3n) is 3.86. The Morgan fingerprint density at radius 3 is 2.58 bits per heavy atom. The van der Waals surface area contributed by atoms with Crippen molar-refractivity contribution in [1.82, 2.24) is 10.2 Å². The van der Waals surface area contributed by atoms with Crippen molar-refractivity contribution in [2.45, 2.75) is 39.5 Å². The summed E-state index contributed by atoms with van der Waals surface area (Å²) in [5.41, 5.74) is 0.385. The summed E-state index contributed by atoms with van der Waals surface area (Å²) in [7, 11) is 0. The molecule has 2 heterocycles. The van der Waals surface area contributed by atoms with E-state index in [1.54, 1.807) is 6.07 Å². The molecule has 0 atom stereocenters. The third kappa shape index (κ3) is 3.92. The van der Waals surface area contributed by atoms with Crippen LogP contribution in [-0.2, 0) is 0 Å². The molecule has 19 heavy (non-hydrogen) atoms. The lowest BCUT2D eigenvalue weighted by molar-refractivity contribution is 0.350. The molecule has 1 aromatic heterocycles.